The van der Waals surface area contributed by atoms with Crippen LogP contribution in [0.3, 0.4) is 0 Å². The van der Waals surface area contributed by atoms with E-state index in [0.717, 1.165) is 91.7 Å². The van der Waals surface area contributed by atoms with Crippen LogP contribution in [0, 0.1) is 45.4 Å². The van der Waals surface area contributed by atoms with Crippen LogP contribution >= 0.6 is 0 Å². The summed E-state index contributed by atoms with van der Waals surface area (Å²) in [4.78, 5) is 128. The number of hydrogen-bond acceptors (Lipinski definition) is 23. The van der Waals surface area contributed by atoms with E-state index in [2.05, 4.69) is 20.8 Å². The van der Waals surface area contributed by atoms with Crippen LogP contribution in [0.15, 0.2) is 0 Å². The second-order valence-corrected chi connectivity index (χ2v) is 27.0. The number of carbonyl (C=O) groups excluding carboxylic acids is 10. The molecule has 0 saturated heterocycles. The summed E-state index contributed by atoms with van der Waals surface area (Å²) in [5.41, 5.74) is -1.88. The summed E-state index contributed by atoms with van der Waals surface area (Å²) in [6.07, 6.45) is 45.1. The molecule has 0 heterocycles. The molecule has 0 aromatic heterocycles. The first kappa shape index (κ1) is 105. The van der Waals surface area contributed by atoms with Crippen LogP contribution in [-0.2, 0) is 71.6 Å². The number of unbranched alkanes of at least 4 members (excludes halogenated alkanes) is 39. The van der Waals surface area contributed by atoms with Gasteiger partial charge in [0, 0.05) is 71.6 Å². The molecule has 0 spiro atoms. The van der Waals surface area contributed by atoms with Crippen molar-refractivity contribution in [1.29, 1.82) is 0 Å². The van der Waals surface area contributed by atoms with Gasteiger partial charge in [0.2, 0.25) is 0 Å². The molecule has 0 fully saturated rings. The molecule has 0 amide bonds. The van der Waals surface area contributed by atoms with E-state index in [-0.39, 0.29) is 138 Å². The smallest absolute Gasteiger partial charge is 0.549 e. The zero-order chi connectivity index (χ0) is 72.5. The van der Waals surface area contributed by atoms with Gasteiger partial charge in [-0.3, -0.25) is 38.7 Å². The van der Waals surface area contributed by atoms with Gasteiger partial charge in [-0.1, -0.05) is 252 Å². The molecule has 0 saturated carbocycles. The third-order valence-corrected chi connectivity index (χ3v) is 17.8. The van der Waals surface area contributed by atoms with Crippen molar-refractivity contribution in [2.75, 3.05) is 85.4 Å². The van der Waals surface area contributed by atoms with Crippen molar-refractivity contribution in [2.45, 2.75) is 329 Å². The number of ether oxygens (including phenoxy) is 5. The minimum Gasteiger partial charge on any atom is -0.549 e. The minimum absolute atomic E-state index is 0. The molecule has 26 heteroatoms. The Kier molecular flexibility index (Phi) is 77.9. The van der Waals surface area contributed by atoms with Crippen molar-refractivity contribution < 1.29 is 196 Å². The Labute approximate surface area is 683 Å². The number of rotatable bonds is 74. The maximum atomic E-state index is 14.5. The molecule has 0 aliphatic rings. The summed E-state index contributed by atoms with van der Waals surface area (Å²) in [7, 11) is 0. The molecule has 0 aliphatic carbocycles. The van der Waals surface area contributed by atoms with Gasteiger partial charge >= 0.3 is 129 Å². The third-order valence-electron chi connectivity index (χ3n) is 17.8. The molecule has 0 aromatic carbocycles. The maximum Gasteiger partial charge on any atom is 3.00 e. The molecule has 1 unspecified atom stereocenters. The summed E-state index contributed by atoms with van der Waals surface area (Å²) in [5.74, 6) is -11.9. The fraction of sp³-hybridized carbons (Fsp3) is 0.867. The molecule has 1 atom stereocenters. The van der Waals surface area contributed by atoms with Crippen molar-refractivity contribution in [3.05, 3.63) is 0 Å². The number of carboxylic acids is 5. The van der Waals surface area contributed by atoms with Gasteiger partial charge in [-0.05, 0) is 44.9 Å². The van der Waals surface area contributed by atoms with Crippen molar-refractivity contribution in [3.8, 4) is 0 Å². The summed E-state index contributed by atoms with van der Waals surface area (Å²) >= 11 is 0. The van der Waals surface area contributed by atoms with Crippen LogP contribution in [0.4, 0.5) is 0 Å². The standard InChI is InChI=1S/C75H135N3O20.Gd.2Na/c1-4-7-10-13-16-19-22-25-28-31-34-37-42-47-69(87)96-61-75(62-97-70(88)48-43-38-35-32-29-26-23-20-17-14-11-8-5-2,63-98-71(89)49-44-39-36-33-30-27-24-21-18-15-12-9-6-3)74(93)95-55-46-41-40-45-54-94-72(90)56-64(73(91)92)78(52-50-76(57-65(79)80)58-66(81)82)53-51-77(59-67(83)84)60-68(85)86;;;/h64H,4-63H2,1-3H3,(H,79,80)(H,81,82)(H,83,84)(H,85,86)(H,91,92);;;/q;+3;2*+1/p-5. The first-order valence-corrected chi connectivity index (χ1v) is 38.3. The number of nitrogens with zero attached hydrogens (tertiary/aromatic N) is 3. The molecule has 0 rings (SSSR count). The molecule has 101 heavy (non-hydrogen) atoms. The second-order valence-electron chi connectivity index (χ2n) is 27.0. The van der Waals surface area contributed by atoms with Gasteiger partial charge in [0.05, 0.1) is 55.5 Å². The molecule has 23 nitrogen and oxygen atoms in total. The molecule has 0 N–H and O–H groups in total. The Bertz CT molecular complexity index is 1930. The molecular weight excluding hydrogens is 1470 g/mol. The SMILES string of the molecule is CCCCCCCCCCCCCCCC(=O)OCC(COC(=O)CCCCCCCCCCCCCCC)(COC(=O)CCCCCCCCCCCCCCC)C(=O)OCCCCCCOC(=O)CC(C(=O)[O-])N(CCN(CC(=O)[O-])CC(=O)[O-])CCN(CC(=O)[O-])CC(=O)[O-].[Gd+3].[Na+].[Na+]. The third kappa shape index (κ3) is 67.0. The van der Waals surface area contributed by atoms with Crippen molar-refractivity contribution in [3.63, 3.8) is 0 Å². The molecule has 575 valence electrons. The molecule has 1 radical (unpaired) electrons. The van der Waals surface area contributed by atoms with E-state index in [1.165, 1.54) is 154 Å². The maximum absolute atomic E-state index is 14.5. The molecule has 0 aliphatic heterocycles. The van der Waals surface area contributed by atoms with Gasteiger partial charge in [-0.2, -0.15) is 0 Å². The first-order chi connectivity index (χ1) is 47.3. The van der Waals surface area contributed by atoms with Gasteiger partial charge < -0.3 is 73.2 Å². The monoisotopic (exact) mass is 1600 g/mol. The zero-order valence-corrected chi connectivity index (χ0v) is 69.6. The van der Waals surface area contributed by atoms with E-state index in [1.54, 1.807) is 0 Å². The quantitative estimate of drug-likeness (QED) is 0.0364. The average Bonchev–Trinajstić information content (AvgIpc) is 0.829. The van der Waals surface area contributed by atoms with E-state index in [4.69, 9.17) is 23.7 Å². The summed E-state index contributed by atoms with van der Waals surface area (Å²) in [6, 6.07) is -1.79. The predicted octanol–water partition coefficient (Wildman–Crippen LogP) is 2.12. The van der Waals surface area contributed by atoms with Crippen LogP contribution in [-0.4, -0.2) is 166 Å². The normalized spacial score (nSPS) is 11.5. The Hall–Kier alpha value is -2.10. The Balaban J connectivity index is -0.0000157. The van der Waals surface area contributed by atoms with E-state index >= 15 is 0 Å². The van der Waals surface area contributed by atoms with Gasteiger partial charge in [-0.25, -0.2) is 0 Å². The van der Waals surface area contributed by atoms with E-state index in [1.807, 2.05) is 0 Å². The Morgan fingerprint density at radius 3 is 0.792 bits per heavy atom. The fourth-order valence-corrected chi connectivity index (χ4v) is 11.8. The van der Waals surface area contributed by atoms with Crippen LogP contribution < -0.4 is 84.6 Å². The van der Waals surface area contributed by atoms with E-state index < -0.39 is 150 Å². The molecule has 0 bridgehead atoms. The summed E-state index contributed by atoms with van der Waals surface area (Å²) in [6.45, 7) is -0.619. The number of aliphatic carboxylic acids is 5. The predicted molar refractivity (Wildman–Crippen MR) is 365 cm³/mol. The van der Waals surface area contributed by atoms with Gasteiger partial charge in [0.15, 0.2) is 5.41 Å². The minimum atomic E-state index is -1.88. The van der Waals surface area contributed by atoms with Crippen LogP contribution in [0.5, 0.6) is 0 Å². The summed E-state index contributed by atoms with van der Waals surface area (Å²) in [5, 5.41) is 57.9. The molecule has 0 aromatic rings. The van der Waals surface area contributed by atoms with Gasteiger partial charge in [0.25, 0.3) is 0 Å². The first-order valence-electron chi connectivity index (χ1n) is 38.3. The Morgan fingerprint density at radius 1 is 0.307 bits per heavy atom. The number of carbonyl (C=O) groups is 10. The second kappa shape index (κ2) is 74.7. The van der Waals surface area contributed by atoms with Crippen molar-refractivity contribution in [1.82, 2.24) is 14.7 Å². The van der Waals surface area contributed by atoms with Crippen molar-refractivity contribution in [2.24, 2.45) is 5.41 Å². The largest absolute Gasteiger partial charge is 3.00 e. The van der Waals surface area contributed by atoms with E-state index in [9.17, 15) is 73.5 Å². The van der Waals surface area contributed by atoms with Crippen molar-refractivity contribution >= 4 is 59.7 Å². The Morgan fingerprint density at radius 2 is 0.545 bits per heavy atom. The van der Waals surface area contributed by atoms with Crippen LogP contribution in [0.1, 0.15) is 323 Å². The number of carboxylic acid groups (broad SMARTS) is 5. The van der Waals surface area contributed by atoms with Gasteiger partial charge in [0.1, 0.15) is 19.8 Å². The topological polar surface area (TPSA) is 342 Å². The van der Waals surface area contributed by atoms with E-state index in [0.29, 0.717) is 38.5 Å². The number of hydrogen-bond donors (Lipinski definition) is 0. The zero-order valence-electron chi connectivity index (χ0n) is 63.4. The fourth-order valence-electron chi connectivity index (χ4n) is 11.8. The molecular formula is C75H130GdN3Na2O20. The number of esters is 5. The van der Waals surface area contributed by atoms with Crippen LogP contribution in [0.2, 0.25) is 0 Å². The van der Waals surface area contributed by atoms with Crippen LogP contribution in [0.25, 0.3) is 0 Å². The van der Waals surface area contributed by atoms with Gasteiger partial charge in [-0.15, -0.1) is 0 Å². The average molecular weight is 1600 g/mol. The summed E-state index contributed by atoms with van der Waals surface area (Å²) < 4.78 is 28.6.